The summed E-state index contributed by atoms with van der Waals surface area (Å²) in [5.41, 5.74) is 0.892. The fraction of sp³-hybridized carbons (Fsp3) is 0.385. The number of carbonyl (C=O) groups excluding carboxylic acids is 1. The molecule has 0 radical (unpaired) electrons. The number of anilines is 2. The van der Waals surface area contributed by atoms with Crippen molar-refractivity contribution in [3.8, 4) is 0 Å². The van der Waals surface area contributed by atoms with Crippen LogP contribution in [0.1, 0.15) is 50.4 Å². The lowest BCUT2D eigenvalue weighted by Gasteiger charge is -2.32. The fourth-order valence-corrected chi connectivity index (χ4v) is 6.22. The van der Waals surface area contributed by atoms with Crippen molar-refractivity contribution in [2.75, 3.05) is 29.9 Å². The maximum Gasteiger partial charge on any atom is 0.349 e. The van der Waals surface area contributed by atoms with Crippen molar-refractivity contribution < 1.29 is 17.6 Å². The first kappa shape index (κ1) is 24.9. The smallest absolute Gasteiger partial charge is 0.349 e. The van der Waals surface area contributed by atoms with Gasteiger partial charge >= 0.3 is 5.63 Å². The number of sulfonamides is 1. The molecule has 1 amide bonds. The maximum absolute atomic E-state index is 13.0. The van der Waals surface area contributed by atoms with Crippen molar-refractivity contribution in [1.29, 1.82) is 0 Å². The molecule has 0 aliphatic carbocycles. The standard InChI is InChI=1S/C26H31N3O5S/c1-4-28(5-2)21-12-9-19-16-23(26(31)34-24(19)17-21)25(30)27-20-10-13-22(14-11-20)35(32,33)29-15-7-6-8-18(29)3/h9-14,16-18H,4-8,15H2,1-3H3,(H,27,30). The zero-order chi connectivity index (χ0) is 25.2. The Balaban J connectivity index is 1.53. The molecule has 3 aromatic rings. The molecule has 1 saturated heterocycles. The van der Waals surface area contributed by atoms with Gasteiger partial charge in [-0.05, 0) is 76.1 Å². The highest BCUT2D eigenvalue weighted by atomic mass is 32.2. The third-order valence-electron chi connectivity index (χ3n) is 6.55. The summed E-state index contributed by atoms with van der Waals surface area (Å²) in [5, 5.41) is 3.30. The fourth-order valence-electron chi connectivity index (χ4n) is 4.52. The second-order valence-corrected chi connectivity index (χ2v) is 10.7. The normalized spacial score (nSPS) is 16.8. The SMILES string of the molecule is CCN(CC)c1ccc2cc(C(=O)Nc3ccc(S(=O)(=O)N4CCCCC4C)cc3)c(=O)oc2c1. The monoisotopic (exact) mass is 497 g/mol. The van der Waals surface area contributed by atoms with Gasteiger partial charge in [0.05, 0.1) is 4.90 Å². The summed E-state index contributed by atoms with van der Waals surface area (Å²) < 4.78 is 33.0. The molecule has 9 heteroatoms. The molecule has 35 heavy (non-hydrogen) atoms. The van der Waals surface area contributed by atoms with E-state index in [0.717, 1.165) is 38.0 Å². The Hall–Kier alpha value is -3.17. The van der Waals surface area contributed by atoms with Gasteiger partial charge in [0, 0.05) is 48.5 Å². The topological polar surface area (TPSA) is 99.9 Å². The Labute approximate surface area is 205 Å². The number of hydrogen-bond acceptors (Lipinski definition) is 6. The van der Waals surface area contributed by atoms with Gasteiger partial charge in [-0.25, -0.2) is 13.2 Å². The molecule has 2 aromatic carbocycles. The van der Waals surface area contributed by atoms with Crippen LogP contribution in [0.4, 0.5) is 11.4 Å². The number of hydrogen-bond donors (Lipinski definition) is 1. The van der Waals surface area contributed by atoms with E-state index >= 15 is 0 Å². The molecule has 8 nitrogen and oxygen atoms in total. The molecule has 1 aliphatic rings. The van der Waals surface area contributed by atoms with Gasteiger partial charge in [-0.2, -0.15) is 4.31 Å². The largest absolute Gasteiger partial charge is 0.422 e. The van der Waals surface area contributed by atoms with Crippen LogP contribution in [0.15, 0.2) is 62.6 Å². The average Bonchev–Trinajstić information content (AvgIpc) is 2.84. The van der Waals surface area contributed by atoms with Gasteiger partial charge in [0.2, 0.25) is 10.0 Å². The van der Waals surface area contributed by atoms with Crippen LogP contribution < -0.4 is 15.8 Å². The highest BCUT2D eigenvalue weighted by Gasteiger charge is 2.30. The van der Waals surface area contributed by atoms with Gasteiger partial charge in [-0.3, -0.25) is 4.79 Å². The predicted octanol–water partition coefficient (Wildman–Crippen LogP) is 4.45. The molecule has 186 valence electrons. The van der Waals surface area contributed by atoms with Gasteiger partial charge < -0.3 is 14.6 Å². The molecule has 1 aromatic heterocycles. The minimum atomic E-state index is -3.60. The first-order valence-electron chi connectivity index (χ1n) is 12.0. The second-order valence-electron chi connectivity index (χ2n) is 8.78. The van der Waals surface area contributed by atoms with E-state index in [2.05, 4.69) is 10.2 Å². The Morgan fingerprint density at radius 2 is 1.80 bits per heavy atom. The van der Waals surface area contributed by atoms with Gasteiger partial charge in [0.25, 0.3) is 5.91 Å². The number of amides is 1. The highest BCUT2D eigenvalue weighted by molar-refractivity contribution is 7.89. The van der Waals surface area contributed by atoms with Gasteiger partial charge in [0.1, 0.15) is 11.1 Å². The molecule has 0 spiro atoms. The number of fused-ring (bicyclic) bond motifs is 1. The molecular weight excluding hydrogens is 466 g/mol. The Morgan fingerprint density at radius 3 is 2.46 bits per heavy atom. The Bertz CT molecular complexity index is 1380. The molecule has 4 rings (SSSR count). The lowest BCUT2D eigenvalue weighted by Crippen LogP contribution is -2.41. The van der Waals surface area contributed by atoms with Crippen molar-refractivity contribution in [3.05, 3.63) is 64.5 Å². The van der Waals surface area contributed by atoms with E-state index in [1.165, 1.54) is 34.6 Å². The van der Waals surface area contributed by atoms with E-state index in [0.29, 0.717) is 23.2 Å². The van der Waals surface area contributed by atoms with E-state index in [-0.39, 0.29) is 16.5 Å². The summed E-state index contributed by atoms with van der Waals surface area (Å²) in [6, 6.07) is 13.0. The molecule has 0 saturated carbocycles. The number of carbonyl (C=O) groups is 1. The lowest BCUT2D eigenvalue weighted by atomic mass is 10.1. The molecule has 1 fully saturated rings. The van der Waals surface area contributed by atoms with Crippen molar-refractivity contribution in [2.45, 2.75) is 51.0 Å². The van der Waals surface area contributed by atoms with Gasteiger partial charge in [-0.1, -0.05) is 6.42 Å². The summed E-state index contributed by atoms with van der Waals surface area (Å²) in [5.74, 6) is -0.617. The van der Waals surface area contributed by atoms with Crippen molar-refractivity contribution >= 4 is 38.3 Å². The van der Waals surface area contributed by atoms with Crippen LogP contribution in [0.3, 0.4) is 0 Å². The average molecular weight is 498 g/mol. The first-order valence-corrected chi connectivity index (χ1v) is 13.4. The van der Waals surface area contributed by atoms with E-state index < -0.39 is 21.6 Å². The van der Waals surface area contributed by atoms with Gasteiger partial charge in [-0.15, -0.1) is 0 Å². The maximum atomic E-state index is 13.0. The molecule has 1 aliphatic heterocycles. The van der Waals surface area contributed by atoms with Crippen molar-refractivity contribution in [2.24, 2.45) is 0 Å². The molecule has 0 bridgehead atoms. The number of nitrogens with one attached hydrogen (secondary N) is 1. The Kier molecular flexibility index (Phi) is 7.28. The van der Waals surface area contributed by atoms with Crippen LogP contribution in [-0.2, 0) is 10.0 Å². The number of piperidine rings is 1. The van der Waals surface area contributed by atoms with Crippen LogP contribution in [0.25, 0.3) is 11.0 Å². The molecule has 1 unspecified atom stereocenters. The van der Waals surface area contributed by atoms with Crippen LogP contribution in [0, 0.1) is 0 Å². The van der Waals surface area contributed by atoms with Gasteiger partial charge in [0.15, 0.2) is 0 Å². The first-order chi connectivity index (χ1) is 16.7. The molecule has 1 N–H and O–H groups in total. The number of nitrogens with zero attached hydrogens (tertiary/aromatic N) is 2. The lowest BCUT2D eigenvalue weighted by molar-refractivity contribution is 0.102. The van der Waals surface area contributed by atoms with Crippen molar-refractivity contribution in [3.63, 3.8) is 0 Å². The van der Waals surface area contributed by atoms with E-state index in [1.807, 2.05) is 32.9 Å². The predicted molar refractivity (Wildman–Crippen MR) is 138 cm³/mol. The summed E-state index contributed by atoms with van der Waals surface area (Å²) >= 11 is 0. The summed E-state index contributed by atoms with van der Waals surface area (Å²) in [6.45, 7) is 8.18. The van der Waals surface area contributed by atoms with E-state index in [1.54, 1.807) is 6.07 Å². The molecule has 1 atom stereocenters. The summed E-state index contributed by atoms with van der Waals surface area (Å²) in [7, 11) is -3.60. The third kappa shape index (κ3) is 5.11. The zero-order valence-electron chi connectivity index (χ0n) is 20.3. The second kappa shape index (κ2) is 10.2. The van der Waals surface area contributed by atoms with E-state index in [4.69, 9.17) is 4.42 Å². The van der Waals surface area contributed by atoms with Crippen LogP contribution >= 0.6 is 0 Å². The number of rotatable bonds is 7. The molecule has 2 heterocycles. The third-order valence-corrected chi connectivity index (χ3v) is 8.58. The Morgan fingerprint density at radius 1 is 1.09 bits per heavy atom. The van der Waals surface area contributed by atoms with Crippen LogP contribution in [-0.4, -0.2) is 44.3 Å². The quantitative estimate of drug-likeness (QED) is 0.484. The minimum absolute atomic E-state index is 0.0386. The van der Waals surface area contributed by atoms with E-state index in [9.17, 15) is 18.0 Å². The van der Waals surface area contributed by atoms with Crippen molar-refractivity contribution in [1.82, 2.24) is 4.31 Å². The number of benzene rings is 2. The zero-order valence-corrected chi connectivity index (χ0v) is 21.1. The van der Waals surface area contributed by atoms with Crippen LogP contribution in [0.5, 0.6) is 0 Å². The highest BCUT2D eigenvalue weighted by Crippen LogP contribution is 2.26. The summed E-state index contributed by atoms with van der Waals surface area (Å²) in [4.78, 5) is 27.7. The minimum Gasteiger partial charge on any atom is -0.422 e. The van der Waals surface area contributed by atoms with Crippen LogP contribution in [0.2, 0.25) is 0 Å². The molecular formula is C26H31N3O5S. The summed E-state index contributed by atoms with van der Waals surface area (Å²) in [6.07, 6.45) is 2.72.